The smallest absolute Gasteiger partial charge is 0.240 e. The number of hydrogen-bond donors (Lipinski definition) is 2. The summed E-state index contributed by atoms with van der Waals surface area (Å²) in [5.41, 5.74) is 1.99. The molecule has 2 aliphatic rings. The first kappa shape index (κ1) is 28.9. The molecule has 3 aromatic rings. The number of carbonyl (C=O) groups excluding carboxylic acids is 1. The summed E-state index contributed by atoms with van der Waals surface area (Å²) >= 11 is 0. The van der Waals surface area contributed by atoms with Gasteiger partial charge in [-0.1, -0.05) is 13.8 Å². The predicted molar refractivity (Wildman–Crippen MR) is 152 cm³/mol. The van der Waals surface area contributed by atoms with Gasteiger partial charge in [-0.3, -0.25) is 14.5 Å². The second kappa shape index (κ2) is 10.5. The van der Waals surface area contributed by atoms with Gasteiger partial charge in [-0.25, -0.2) is 17.8 Å². The molecule has 1 fully saturated rings. The SMILES string of the molecule is CC(C)NCCOc1ncc(-c2cc3c4c(cnc3cc2F)N(C)C(=O)C42CN(C)C2)cc1NS(C)(=O)=O.Cl. The number of likely N-dealkylation sites (tertiary alicyclic amines) is 1. The Bertz CT molecular complexity index is 1550. The van der Waals surface area contributed by atoms with E-state index < -0.39 is 21.3 Å². The number of aromatic nitrogens is 2. The monoisotopic (exact) mass is 578 g/mol. The molecule has 210 valence electrons. The van der Waals surface area contributed by atoms with Crippen LogP contribution >= 0.6 is 12.4 Å². The molecule has 0 saturated carbocycles. The van der Waals surface area contributed by atoms with Crippen molar-refractivity contribution in [2.45, 2.75) is 25.3 Å². The Balaban J connectivity index is 0.00000353. The van der Waals surface area contributed by atoms with E-state index in [0.717, 1.165) is 11.8 Å². The van der Waals surface area contributed by atoms with Crippen molar-refractivity contribution >= 4 is 50.6 Å². The second-order valence-electron chi connectivity index (χ2n) is 10.4. The molecule has 0 atom stereocenters. The molecule has 2 N–H and O–H groups in total. The highest BCUT2D eigenvalue weighted by Crippen LogP contribution is 2.49. The normalized spacial score (nSPS) is 16.4. The number of amides is 1. The minimum atomic E-state index is -3.66. The van der Waals surface area contributed by atoms with Crippen molar-refractivity contribution in [2.24, 2.45) is 0 Å². The summed E-state index contributed by atoms with van der Waals surface area (Å²) in [4.78, 5) is 25.7. The maximum Gasteiger partial charge on any atom is 0.240 e. The Morgan fingerprint density at radius 2 is 1.87 bits per heavy atom. The molecule has 13 heteroatoms. The van der Waals surface area contributed by atoms with E-state index in [9.17, 15) is 13.2 Å². The molecule has 5 rings (SSSR count). The Morgan fingerprint density at radius 1 is 1.15 bits per heavy atom. The van der Waals surface area contributed by atoms with E-state index in [1.165, 1.54) is 18.3 Å². The van der Waals surface area contributed by atoms with E-state index in [4.69, 9.17) is 4.74 Å². The molecule has 2 aliphatic heterocycles. The first-order chi connectivity index (χ1) is 17.9. The van der Waals surface area contributed by atoms with Gasteiger partial charge in [-0.2, -0.15) is 0 Å². The van der Waals surface area contributed by atoms with Crippen molar-refractivity contribution in [2.75, 3.05) is 56.2 Å². The molecule has 0 unspecified atom stereocenters. The van der Waals surface area contributed by atoms with E-state index in [2.05, 4.69) is 24.9 Å². The Morgan fingerprint density at radius 3 is 2.51 bits per heavy atom. The van der Waals surface area contributed by atoms with Gasteiger partial charge in [-0.05, 0) is 19.2 Å². The number of benzene rings is 1. The number of nitrogens with zero attached hydrogens (tertiary/aromatic N) is 4. The molecule has 1 saturated heterocycles. The van der Waals surface area contributed by atoms with Crippen LogP contribution in [0.2, 0.25) is 0 Å². The number of fused-ring (bicyclic) bond motifs is 4. The van der Waals surface area contributed by atoms with Gasteiger partial charge in [0.25, 0.3) is 0 Å². The standard InChI is InChI=1S/C26H31FN6O4S.ClH/c1-15(2)28-6-7-37-24-21(31-38(5,35)36)8-16(11-30-24)17-9-18-20(10-19(17)27)29-12-22-23(18)26(13-32(3)14-26)25(34)33(22)4;/h8-12,15,28,31H,6-7,13-14H2,1-5H3;1H. The maximum atomic E-state index is 15.4. The fraction of sp³-hybridized carbons (Fsp3) is 0.423. The lowest BCUT2D eigenvalue weighted by Gasteiger charge is -2.45. The summed E-state index contributed by atoms with van der Waals surface area (Å²) in [7, 11) is 0.0235. The van der Waals surface area contributed by atoms with E-state index in [0.29, 0.717) is 41.8 Å². The van der Waals surface area contributed by atoms with Crippen LogP contribution in [0.4, 0.5) is 15.8 Å². The number of nitrogens with one attached hydrogen (secondary N) is 2. The highest BCUT2D eigenvalue weighted by molar-refractivity contribution is 7.92. The van der Waals surface area contributed by atoms with Crippen LogP contribution in [0.3, 0.4) is 0 Å². The van der Waals surface area contributed by atoms with Crippen LogP contribution in [-0.4, -0.2) is 81.8 Å². The Labute approximate surface area is 233 Å². The van der Waals surface area contributed by atoms with Gasteiger partial charge in [0.1, 0.15) is 23.5 Å². The molecule has 1 aromatic carbocycles. The summed E-state index contributed by atoms with van der Waals surface area (Å²) in [6.07, 6.45) is 4.10. The average molecular weight is 579 g/mol. The van der Waals surface area contributed by atoms with Gasteiger partial charge in [0, 0.05) is 67.1 Å². The van der Waals surface area contributed by atoms with E-state index >= 15 is 4.39 Å². The number of halogens is 2. The predicted octanol–water partition coefficient (Wildman–Crippen LogP) is 2.77. The highest BCUT2D eigenvalue weighted by atomic mass is 35.5. The van der Waals surface area contributed by atoms with E-state index in [-0.39, 0.29) is 48.1 Å². The molecule has 0 radical (unpaired) electrons. The summed E-state index contributed by atoms with van der Waals surface area (Å²) < 4.78 is 47.7. The zero-order valence-corrected chi connectivity index (χ0v) is 24.0. The number of ether oxygens (including phenoxy) is 1. The lowest BCUT2D eigenvalue weighted by Crippen LogP contribution is -2.62. The maximum absolute atomic E-state index is 15.4. The third-order valence-corrected chi connectivity index (χ3v) is 7.51. The van der Waals surface area contributed by atoms with Crippen LogP contribution in [0.5, 0.6) is 5.88 Å². The summed E-state index contributed by atoms with van der Waals surface area (Å²) in [5.74, 6) is -0.443. The van der Waals surface area contributed by atoms with Crippen LogP contribution in [0.25, 0.3) is 22.0 Å². The van der Waals surface area contributed by atoms with E-state index in [1.54, 1.807) is 24.2 Å². The molecule has 39 heavy (non-hydrogen) atoms. The number of sulfonamides is 1. The molecule has 1 amide bonds. The van der Waals surface area contributed by atoms with Crippen LogP contribution in [0.1, 0.15) is 19.4 Å². The first-order valence-electron chi connectivity index (χ1n) is 12.3. The van der Waals surface area contributed by atoms with Crippen LogP contribution in [0.15, 0.2) is 30.6 Å². The third kappa shape index (κ3) is 5.25. The number of pyridine rings is 2. The lowest BCUT2D eigenvalue weighted by molar-refractivity contribution is -0.128. The highest BCUT2D eigenvalue weighted by Gasteiger charge is 2.57. The molecular formula is C26H32ClFN6O4S. The van der Waals surface area contributed by atoms with Crippen LogP contribution in [0, 0.1) is 5.82 Å². The minimum absolute atomic E-state index is 0. The molecule has 0 bridgehead atoms. The zero-order chi connectivity index (χ0) is 27.4. The van der Waals surface area contributed by atoms with Crippen LogP contribution in [-0.2, 0) is 20.2 Å². The Kier molecular flexibility index (Phi) is 7.78. The fourth-order valence-electron chi connectivity index (χ4n) is 5.37. The fourth-order valence-corrected chi connectivity index (χ4v) is 5.92. The van der Waals surface area contributed by atoms with E-state index in [1.807, 2.05) is 20.9 Å². The van der Waals surface area contributed by atoms with Crippen molar-refractivity contribution in [3.05, 3.63) is 42.0 Å². The van der Waals surface area contributed by atoms with Crippen molar-refractivity contribution in [1.82, 2.24) is 20.2 Å². The van der Waals surface area contributed by atoms with Gasteiger partial charge >= 0.3 is 0 Å². The largest absolute Gasteiger partial charge is 0.475 e. The topological polar surface area (TPSA) is 117 Å². The van der Waals surface area contributed by atoms with Gasteiger partial charge in [0.2, 0.25) is 21.8 Å². The third-order valence-electron chi connectivity index (χ3n) is 6.92. The average Bonchev–Trinajstić information content (AvgIpc) is 3.03. The second-order valence-corrected chi connectivity index (χ2v) is 12.1. The zero-order valence-electron chi connectivity index (χ0n) is 22.4. The quantitative estimate of drug-likeness (QED) is 0.392. The van der Waals surface area contributed by atoms with Gasteiger partial charge in [0.15, 0.2) is 0 Å². The molecule has 1 spiro atoms. The van der Waals surface area contributed by atoms with Gasteiger partial charge in [0.05, 0.1) is 23.7 Å². The van der Waals surface area contributed by atoms with Crippen molar-refractivity contribution in [3.63, 3.8) is 0 Å². The van der Waals surface area contributed by atoms with Crippen molar-refractivity contribution in [3.8, 4) is 17.0 Å². The lowest BCUT2D eigenvalue weighted by atomic mass is 9.73. The molecule has 10 nitrogen and oxygen atoms in total. The van der Waals surface area contributed by atoms with Crippen molar-refractivity contribution in [1.29, 1.82) is 0 Å². The number of anilines is 2. The molecule has 2 aromatic heterocycles. The molecule has 0 aliphatic carbocycles. The summed E-state index contributed by atoms with van der Waals surface area (Å²) in [6, 6.07) is 4.79. The number of carbonyl (C=O) groups is 1. The summed E-state index contributed by atoms with van der Waals surface area (Å²) in [5, 5.41) is 3.90. The molecular weight excluding hydrogens is 547 g/mol. The van der Waals surface area contributed by atoms with Crippen molar-refractivity contribution < 1.29 is 22.3 Å². The van der Waals surface area contributed by atoms with Gasteiger partial charge in [-0.15, -0.1) is 12.4 Å². The minimum Gasteiger partial charge on any atom is -0.475 e. The van der Waals surface area contributed by atoms with Crippen LogP contribution < -0.4 is 19.7 Å². The molecule has 4 heterocycles. The van der Waals surface area contributed by atoms with Gasteiger partial charge < -0.3 is 19.9 Å². The Hall–Kier alpha value is -3.06. The number of likely N-dealkylation sites (N-methyl/N-ethyl adjacent to an activating group) is 2. The number of hydrogen-bond acceptors (Lipinski definition) is 8. The summed E-state index contributed by atoms with van der Waals surface area (Å²) in [6.45, 7) is 5.95. The first-order valence-corrected chi connectivity index (χ1v) is 14.2. The number of rotatable bonds is 8.